The van der Waals surface area contributed by atoms with Crippen LogP contribution in [0, 0.1) is 5.92 Å². The molecule has 1 aromatic rings. The summed E-state index contributed by atoms with van der Waals surface area (Å²) in [5, 5.41) is 12.1. The normalized spacial score (nSPS) is 19.9. The van der Waals surface area contributed by atoms with Crippen molar-refractivity contribution in [1.82, 2.24) is 9.97 Å². The van der Waals surface area contributed by atoms with Gasteiger partial charge in [0.2, 0.25) is 0 Å². The lowest BCUT2D eigenvalue weighted by Crippen LogP contribution is -2.50. The molecule has 0 bridgehead atoms. The van der Waals surface area contributed by atoms with Gasteiger partial charge in [-0.15, -0.1) is 0 Å². The molecule has 6 heteroatoms. The average molecular weight is 234 g/mol. The Hall–Kier alpha value is -1.85. The van der Waals surface area contributed by atoms with Gasteiger partial charge < -0.3 is 15.3 Å². The van der Waals surface area contributed by atoms with Crippen LogP contribution in [0.15, 0.2) is 12.4 Å². The number of aliphatic carboxylic acids is 1. The molecule has 2 aliphatic rings. The lowest BCUT2D eigenvalue weighted by molar-refractivity contribution is -0.142. The Morgan fingerprint density at radius 3 is 2.82 bits per heavy atom. The van der Waals surface area contributed by atoms with E-state index >= 15 is 0 Å². The van der Waals surface area contributed by atoms with Crippen molar-refractivity contribution in [2.45, 2.75) is 18.9 Å². The number of anilines is 2. The van der Waals surface area contributed by atoms with Crippen LogP contribution in [0.25, 0.3) is 0 Å². The molecule has 1 aliphatic carbocycles. The van der Waals surface area contributed by atoms with Crippen molar-refractivity contribution >= 4 is 17.6 Å². The number of nitrogens with zero attached hydrogens (tertiary/aromatic N) is 3. The van der Waals surface area contributed by atoms with E-state index in [-0.39, 0.29) is 5.92 Å². The molecule has 6 nitrogen and oxygen atoms in total. The molecule has 1 saturated heterocycles. The van der Waals surface area contributed by atoms with Gasteiger partial charge in [-0.2, -0.15) is 0 Å². The monoisotopic (exact) mass is 234 g/mol. The number of hydrogen-bond donors (Lipinski definition) is 2. The summed E-state index contributed by atoms with van der Waals surface area (Å²) in [4.78, 5) is 21.0. The van der Waals surface area contributed by atoms with Crippen molar-refractivity contribution in [3.8, 4) is 0 Å². The Kier molecular flexibility index (Phi) is 2.35. The summed E-state index contributed by atoms with van der Waals surface area (Å²) in [5.74, 6) is 0.647. The number of carboxylic acid groups (broad SMARTS) is 1. The zero-order chi connectivity index (χ0) is 11.8. The molecule has 1 aromatic heterocycles. The maximum atomic E-state index is 10.7. The van der Waals surface area contributed by atoms with Gasteiger partial charge in [0, 0.05) is 25.2 Å². The summed E-state index contributed by atoms with van der Waals surface area (Å²) in [5.41, 5.74) is 0. The van der Waals surface area contributed by atoms with Gasteiger partial charge in [0.15, 0.2) is 0 Å². The first kappa shape index (κ1) is 10.3. The molecule has 0 radical (unpaired) electrons. The lowest BCUT2D eigenvalue weighted by Gasteiger charge is -2.37. The quantitative estimate of drug-likeness (QED) is 0.793. The second-order valence-corrected chi connectivity index (χ2v) is 4.62. The van der Waals surface area contributed by atoms with Gasteiger partial charge in [-0.25, -0.2) is 9.97 Å². The molecule has 0 spiro atoms. The molecule has 0 unspecified atom stereocenters. The number of hydrogen-bond acceptors (Lipinski definition) is 5. The highest BCUT2D eigenvalue weighted by atomic mass is 16.4. The van der Waals surface area contributed by atoms with Crippen molar-refractivity contribution in [1.29, 1.82) is 0 Å². The third-order valence-electron chi connectivity index (χ3n) is 3.14. The molecule has 3 rings (SSSR count). The minimum absolute atomic E-state index is 0.259. The maximum Gasteiger partial charge on any atom is 0.310 e. The van der Waals surface area contributed by atoms with Crippen molar-refractivity contribution in [3.05, 3.63) is 12.4 Å². The van der Waals surface area contributed by atoms with Crippen LogP contribution in [0.2, 0.25) is 0 Å². The van der Waals surface area contributed by atoms with Crippen LogP contribution in [-0.4, -0.2) is 40.2 Å². The van der Waals surface area contributed by atoms with E-state index in [9.17, 15) is 4.79 Å². The highest BCUT2D eigenvalue weighted by Crippen LogP contribution is 2.27. The number of carboxylic acids is 1. The molecule has 0 amide bonds. The van der Waals surface area contributed by atoms with E-state index in [1.54, 1.807) is 0 Å². The summed E-state index contributed by atoms with van der Waals surface area (Å²) in [6.45, 7) is 1.07. The van der Waals surface area contributed by atoms with E-state index in [0.29, 0.717) is 19.1 Å². The summed E-state index contributed by atoms with van der Waals surface area (Å²) in [6, 6.07) is 2.44. The Morgan fingerprint density at radius 1 is 1.41 bits per heavy atom. The van der Waals surface area contributed by atoms with Crippen molar-refractivity contribution in [2.24, 2.45) is 5.92 Å². The van der Waals surface area contributed by atoms with Crippen LogP contribution in [0.1, 0.15) is 12.8 Å². The van der Waals surface area contributed by atoms with E-state index in [2.05, 4.69) is 15.3 Å². The fraction of sp³-hybridized carbons (Fsp3) is 0.545. The van der Waals surface area contributed by atoms with E-state index in [1.807, 2.05) is 11.0 Å². The van der Waals surface area contributed by atoms with Gasteiger partial charge in [-0.05, 0) is 12.8 Å². The first-order chi connectivity index (χ1) is 8.22. The summed E-state index contributed by atoms with van der Waals surface area (Å²) in [6.07, 6.45) is 3.92. The molecule has 1 saturated carbocycles. The second kappa shape index (κ2) is 3.87. The first-order valence-electron chi connectivity index (χ1n) is 5.79. The smallest absolute Gasteiger partial charge is 0.310 e. The van der Waals surface area contributed by atoms with Gasteiger partial charge in [0.1, 0.15) is 18.0 Å². The third kappa shape index (κ3) is 2.15. The van der Waals surface area contributed by atoms with Crippen LogP contribution < -0.4 is 10.2 Å². The SMILES string of the molecule is O=C(O)C1CN(c2cc(NC3CC3)ncn2)C1. The number of nitrogens with one attached hydrogen (secondary N) is 1. The number of carbonyl (C=O) groups is 1. The van der Waals surface area contributed by atoms with Crippen molar-refractivity contribution < 1.29 is 9.90 Å². The first-order valence-corrected chi connectivity index (χ1v) is 5.79. The summed E-state index contributed by atoms with van der Waals surface area (Å²) < 4.78 is 0. The van der Waals surface area contributed by atoms with Crippen molar-refractivity contribution in [3.63, 3.8) is 0 Å². The Balaban J connectivity index is 1.65. The summed E-state index contributed by atoms with van der Waals surface area (Å²) in [7, 11) is 0. The Morgan fingerprint density at radius 2 is 2.18 bits per heavy atom. The largest absolute Gasteiger partial charge is 0.481 e. The zero-order valence-corrected chi connectivity index (χ0v) is 9.33. The molecule has 17 heavy (non-hydrogen) atoms. The van der Waals surface area contributed by atoms with Crippen LogP contribution >= 0.6 is 0 Å². The topological polar surface area (TPSA) is 78.4 Å². The molecule has 2 heterocycles. The van der Waals surface area contributed by atoms with Crippen LogP contribution in [0.4, 0.5) is 11.6 Å². The molecular weight excluding hydrogens is 220 g/mol. The average Bonchev–Trinajstić information content (AvgIpc) is 2.99. The third-order valence-corrected chi connectivity index (χ3v) is 3.14. The minimum Gasteiger partial charge on any atom is -0.481 e. The predicted octanol–water partition coefficient (Wildman–Crippen LogP) is 0.572. The van der Waals surface area contributed by atoms with Gasteiger partial charge in [-0.3, -0.25) is 4.79 Å². The van der Waals surface area contributed by atoms with E-state index in [4.69, 9.17) is 5.11 Å². The Labute approximate surface area is 98.7 Å². The minimum atomic E-state index is -0.730. The molecular formula is C11H14N4O2. The zero-order valence-electron chi connectivity index (χ0n) is 9.33. The van der Waals surface area contributed by atoms with Gasteiger partial charge in [-0.1, -0.05) is 0 Å². The summed E-state index contributed by atoms with van der Waals surface area (Å²) >= 11 is 0. The number of aromatic nitrogens is 2. The second-order valence-electron chi connectivity index (χ2n) is 4.62. The highest BCUT2D eigenvalue weighted by Gasteiger charge is 2.33. The van der Waals surface area contributed by atoms with Gasteiger partial charge >= 0.3 is 5.97 Å². The highest BCUT2D eigenvalue weighted by molar-refractivity contribution is 5.74. The lowest BCUT2D eigenvalue weighted by atomic mass is 10.0. The van der Waals surface area contributed by atoms with Crippen molar-refractivity contribution in [2.75, 3.05) is 23.3 Å². The number of rotatable bonds is 4. The molecule has 0 aromatic carbocycles. The Bertz CT molecular complexity index is 441. The van der Waals surface area contributed by atoms with Gasteiger partial charge in [0.05, 0.1) is 5.92 Å². The van der Waals surface area contributed by atoms with E-state index in [1.165, 1.54) is 19.2 Å². The molecule has 0 atom stereocenters. The van der Waals surface area contributed by atoms with Crippen LogP contribution in [0.3, 0.4) is 0 Å². The molecule has 1 aliphatic heterocycles. The van der Waals surface area contributed by atoms with E-state index < -0.39 is 5.97 Å². The standard InChI is InChI=1S/C11H14N4O2/c16-11(17)7-4-15(5-7)10-3-9(12-6-13-10)14-8-1-2-8/h3,6-8H,1-2,4-5H2,(H,16,17)(H,12,13,14). The maximum absolute atomic E-state index is 10.7. The molecule has 90 valence electrons. The van der Waals surface area contributed by atoms with Gasteiger partial charge in [0.25, 0.3) is 0 Å². The molecule has 2 N–H and O–H groups in total. The predicted molar refractivity (Wildman–Crippen MR) is 62.0 cm³/mol. The fourth-order valence-corrected chi connectivity index (χ4v) is 1.86. The van der Waals surface area contributed by atoms with E-state index in [0.717, 1.165) is 11.6 Å². The fourth-order valence-electron chi connectivity index (χ4n) is 1.86. The van der Waals surface area contributed by atoms with Crippen LogP contribution in [0.5, 0.6) is 0 Å². The van der Waals surface area contributed by atoms with Crippen LogP contribution in [-0.2, 0) is 4.79 Å². The molecule has 2 fully saturated rings.